The molecule has 2 atom stereocenters. The highest BCUT2D eigenvalue weighted by Gasteiger charge is 2.51. The first kappa shape index (κ1) is 18.0. The van der Waals surface area contributed by atoms with Gasteiger partial charge in [-0.2, -0.15) is 0 Å². The van der Waals surface area contributed by atoms with Crippen LogP contribution in [-0.2, 0) is 10.2 Å². The number of carbonyl (C=O) groups is 1. The van der Waals surface area contributed by atoms with Crippen LogP contribution >= 0.6 is 0 Å². The molecule has 1 saturated heterocycles. The molecule has 2 aromatic rings. The van der Waals surface area contributed by atoms with E-state index in [1.54, 1.807) is 0 Å². The number of benzene rings is 2. The Kier molecular flexibility index (Phi) is 5.14. The second kappa shape index (κ2) is 7.71. The van der Waals surface area contributed by atoms with E-state index in [4.69, 9.17) is 4.74 Å². The molecule has 0 bridgehead atoms. The van der Waals surface area contributed by atoms with E-state index < -0.39 is 6.10 Å². The minimum absolute atomic E-state index is 0.101. The standard InChI is InChI=1S/C22H26N2O3/c25-19(10-15-27-16-6-2-1-3-7-16)24-20-17-8-4-5-9-18(17)22(21(20)26)11-13-23-14-12-22/h1-9,20-21,23,26H,10-15H2,(H,24,25)/t20-,21+/m1/s1. The van der Waals surface area contributed by atoms with E-state index in [0.29, 0.717) is 6.61 Å². The molecule has 142 valence electrons. The van der Waals surface area contributed by atoms with Gasteiger partial charge in [-0.15, -0.1) is 0 Å². The van der Waals surface area contributed by atoms with Gasteiger partial charge in [0.2, 0.25) is 5.91 Å². The Balaban J connectivity index is 1.43. The van der Waals surface area contributed by atoms with Crippen molar-refractivity contribution in [3.63, 3.8) is 0 Å². The maximum atomic E-state index is 12.5. The summed E-state index contributed by atoms with van der Waals surface area (Å²) in [6.45, 7) is 2.09. The molecule has 27 heavy (non-hydrogen) atoms. The number of hydrogen-bond acceptors (Lipinski definition) is 4. The molecule has 1 spiro atoms. The van der Waals surface area contributed by atoms with Gasteiger partial charge in [0.25, 0.3) is 0 Å². The van der Waals surface area contributed by atoms with Crippen molar-refractivity contribution >= 4 is 5.91 Å². The third-order valence-corrected chi connectivity index (χ3v) is 5.87. The van der Waals surface area contributed by atoms with Crippen molar-refractivity contribution in [3.8, 4) is 5.75 Å². The lowest BCUT2D eigenvalue weighted by molar-refractivity contribution is -0.123. The smallest absolute Gasteiger partial charge is 0.224 e. The van der Waals surface area contributed by atoms with Crippen molar-refractivity contribution in [2.24, 2.45) is 0 Å². The lowest BCUT2D eigenvalue weighted by atomic mass is 9.72. The zero-order valence-corrected chi connectivity index (χ0v) is 15.4. The molecule has 0 radical (unpaired) electrons. The topological polar surface area (TPSA) is 70.6 Å². The normalized spacial score (nSPS) is 23.0. The third kappa shape index (κ3) is 3.45. The molecule has 5 nitrogen and oxygen atoms in total. The van der Waals surface area contributed by atoms with Crippen LogP contribution in [-0.4, -0.2) is 36.8 Å². The van der Waals surface area contributed by atoms with Crippen LogP contribution in [0.2, 0.25) is 0 Å². The number of amides is 1. The zero-order chi connectivity index (χ0) is 18.7. The fourth-order valence-corrected chi connectivity index (χ4v) is 4.49. The number of carbonyl (C=O) groups excluding carboxylic acids is 1. The van der Waals surface area contributed by atoms with Crippen molar-refractivity contribution in [1.82, 2.24) is 10.6 Å². The summed E-state index contributed by atoms with van der Waals surface area (Å²) in [7, 11) is 0. The molecular weight excluding hydrogens is 340 g/mol. The number of piperidine rings is 1. The summed E-state index contributed by atoms with van der Waals surface area (Å²) in [5, 5.41) is 17.6. The molecule has 5 heteroatoms. The molecule has 3 N–H and O–H groups in total. The lowest BCUT2D eigenvalue weighted by Crippen LogP contribution is -2.48. The fourth-order valence-electron chi connectivity index (χ4n) is 4.49. The number of nitrogens with one attached hydrogen (secondary N) is 2. The van der Waals surface area contributed by atoms with Crippen molar-refractivity contribution in [1.29, 1.82) is 0 Å². The molecule has 1 fully saturated rings. The van der Waals surface area contributed by atoms with E-state index in [1.807, 2.05) is 48.5 Å². The Morgan fingerprint density at radius 1 is 1.11 bits per heavy atom. The monoisotopic (exact) mass is 366 g/mol. The molecule has 1 heterocycles. The fraction of sp³-hybridized carbons (Fsp3) is 0.409. The highest BCUT2D eigenvalue weighted by molar-refractivity contribution is 5.77. The van der Waals surface area contributed by atoms with Crippen LogP contribution in [0.5, 0.6) is 5.75 Å². The number of para-hydroxylation sites is 1. The van der Waals surface area contributed by atoms with Crippen LogP contribution < -0.4 is 15.4 Å². The number of ether oxygens (including phenoxy) is 1. The molecule has 1 amide bonds. The number of fused-ring (bicyclic) bond motifs is 2. The summed E-state index contributed by atoms with van der Waals surface area (Å²) in [6, 6.07) is 17.2. The van der Waals surface area contributed by atoms with Gasteiger partial charge >= 0.3 is 0 Å². The minimum Gasteiger partial charge on any atom is -0.493 e. The van der Waals surface area contributed by atoms with Gasteiger partial charge in [-0.1, -0.05) is 42.5 Å². The molecule has 4 rings (SSSR count). The highest BCUT2D eigenvalue weighted by Crippen LogP contribution is 2.49. The van der Waals surface area contributed by atoms with Crippen molar-refractivity contribution < 1.29 is 14.6 Å². The van der Waals surface area contributed by atoms with Gasteiger partial charge in [0, 0.05) is 5.41 Å². The average molecular weight is 366 g/mol. The predicted molar refractivity (Wildman–Crippen MR) is 104 cm³/mol. The van der Waals surface area contributed by atoms with Crippen LogP contribution in [0, 0.1) is 0 Å². The van der Waals surface area contributed by atoms with Gasteiger partial charge in [-0.3, -0.25) is 4.79 Å². The van der Waals surface area contributed by atoms with E-state index in [2.05, 4.69) is 16.7 Å². The molecule has 1 aliphatic heterocycles. The quantitative estimate of drug-likeness (QED) is 0.759. The van der Waals surface area contributed by atoms with Crippen LogP contribution in [0.1, 0.15) is 36.4 Å². The first-order valence-electron chi connectivity index (χ1n) is 9.66. The summed E-state index contributed by atoms with van der Waals surface area (Å²) in [5.41, 5.74) is 1.97. The first-order valence-corrected chi connectivity index (χ1v) is 9.66. The first-order chi connectivity index (χ1) is 13.2. The largest absolute Gasteiger partial charge is 0.493 e. The third-order valence-electron chi connectivity index (χ3n) is 5.87. The highest BCUT2D eigenvalue weighted by atomic mass is 16.5. The Morgan fingerprint density at radius 2 is 1.81 bits per heavy atom. The van der Waals surface area contributed by atoms with Gasteiger partial charge in [-0.05, 0) is 49.2 Å². The van der Waals surface area contributed by atoms with Gasteiger partial charge in [0.1, 0.15) is 5.75 Å². The van der Waals surface area contributed by atoms with Crippen molar-refractivity contribution in [2.45, 2.75) is 36.8 Å². The summed E-state index contributed by atoms with van der Waals surface area (Å²) < 4.78 is 5.62. The lowest BCUT2D eigenvalue weighted by Gasteiger charge is -2.38. The minimum atomic E-state index is -0.601. The Morgan fingerprint density at radius 3 is 2.59 bits per heavy atom. The maximum Gasteiger partial charge on any atom is 0.224 e. The molecule has 0 unspecified atom stereocenters. The van der Waals surface area contributed by atoms with E-state index in [9.17, 15) is 9.90 Å². The zero-order valence-electron chi connectivity index (χ0n) is 15.4. The van der Waals surface area contributed by atoms with Crippen LogP contribution in [0.15, 0.2) is 54.6 Å². The van der Waals surface area contributed by atoms with Crippen molar-refractivity contribution in [3.05, 3.63) is 65.7 Å². The number of aliphatic hydroxyl groups excluding tert-OH is 1. The second-order valence-corrected chi connectivity index (χ2v) is 7.39. The molecular formula is C22H26N2O3. The van der Waals surface area contributed by atoms with Crippen LogP contribution in [0.4, 0.5) is 0 Å². The molecule has 2 aromatic carbocycles. The molecule has 0 aromatic heterocycles. The molecule has 1 aliphatic carbocycles. The summed E-state index contributed by atoms with van der Waals surface area (Å²) >= 11 is 0. The van der Waals surface area contributed by atoms with E-state index >= 15 is 0 Å². The van der Waals surface area contributed by atoms with Crippen molar-refractivity contribution in [2.75, 3.05) is 19.7 Å². The Hall–Kier alpha value is -2.37. The van der Waals surface area contributed by atoms with Crippen LogP contribution in [0.3, 0.4) is 0 Å². The Bertz CT molecular complexity index is 787. The van der Waals surface area contributed by atoms with E-state index in [0.717, 1.165) is 37.2 Å². The summed E-state index contributed by atoms with van der Waals surface area (Å²) in [4.78, 5) is 12.5. The number of rotatable bonds is 5. The average Bonchev–Trinajstić information content (AvgIpc) is 2.92. The molecule has 0 saturated carbocycles. The van der Waals surface area contributed by atoms with Gasteiger partial charge in [0.15, 0.2) is 0 Å². The van der Waals surface area contributed by atoms with E-state index in [-0.39, 0.29) is 23.8 Å². The summed E-state index contributed by atoms with van der Waals surface area (Å²) in [6.07, 6.45) is 1.43. The van der Waals surface area contributed by atoms with Crippen LogP contribution in [0.25, 0.3) is 0 Å². The number of aliphatic hydroxyl groups is 1. The second-order valence-electron chi connectivity index (χ2n) is 7.39. The summed E-state index contributed by atoms with van der Waals surface area (Å²) in [5.74, 6) is 0.654. The predicted octanol–water partition coefficient (Wildman–Crippen LogP) is 2.31. The van der Waals surface area contributed by atoms with Gasteiger partial charge < -0.3 is 20.5 Å². The van der Waals surface area contributed by atoms with Gasteiger partial charge in [0.05, 0.1) is 25.2 Å². The van der Waals surface area contributed by atoms with E-state index in [1.165, 1.54) is 5.56 Å². The SMILES string of the molecule is O=C(CCOc1ccccc1)N[C@@H]1c2ccccc2C2(CCNCC2)[C@H]1O. The Labute approximate surface area is 159 Å². The number of hydrogen-bond donors (Lipinski definition) is 3. The van der Waals surface area contributed by atoms with Gasteiger partial charge in [-0.25, -0.2) is 0 Å². The maximum absolute atomic E-state index is 12.5. The molecule has 2 aliphatic rings.